The molecule has 0 fully saturated rings. The topological polar surface area (TPSA) is 95.9 Å². The van der Waals surface area contributed by atoms with Crippen LogP contribution in [0.15, 0.2) is 0 Å². The molecule has 0 bridgehead atoms. The van der Waals surface area contributed by atoms with Crippen molar-refractivity contribution >= 4 is 11.9 Å². The fraction of sp³-hybridized carbons (Fsp3) is 0.962. The molecule has 0 aromatic carbocycles. The van der Waals surface area contributed by atoms with Crippen LogP contribution in [0.4, 0.5) is 0 Å². The van der Waals surface area contributed by atoms with E-state index < -0.39 is 18.2 Å². The molecule has 6 nitrogen and oxygen atoms in total. The highest BCUT2D eigenvalue weighted by atomic mass is 16.5. The lowest BCUT2D eigenvalue weighted by atomic mass is 10.0. The van der Waals surface area contributed by atoms with Crippen LogP contribution in [-0.2, 0) is 14.3 Å². The first kappa shape index (κ1) is 57.9. The Bertz CT molecular complexity index is 852. The number of hydrogen-bond acceptors (Lipinski definition) is 5. The van der Waals surface area contributed by atoms with Gasteiger partial charge in [-0.25, -0.2) is 0 Å². The van der Waals surface area contributed by atoms with Crippen LogP contribution in [0.3, 0.4) is 0 Å². The van der Waals surface area contributed by atoms with Gasteiger partial charge in [-0.3, -0.25) is 9.59 Å². The molecule has 59 heavy (non-hydrogen) atoms. The van der Waals surface area contributed by atoms with Crippen molar-refractivity contribution in [3.8, 4) is 0 Å². The number of carbonyl (C=O) groups is 2. The van der Waals surface area contributed by atoms with Gasteiger partial charge in [0.2, 0.25) is 5.91 Å². The minimum atomic E-state index is -0.779. The average Bonchev–Trinajstić information content (AvgIpc) is 3.23. The molecule has 0 rings (SSSR count). The number of unbranched alkanes of at least 4 members (excludes halogenated alkanes) is 37. The van der Waals surface area contributed by atoms with Crippen LogP contribution in [-0.4, -0.2) is 46.9 Å². The Kier molecular flexibility index (Phi) is 47.0. The van der Waals surface area contributed by atoms with E-state index in [-0.39, 0.29) is 24.9 Å². The number of amides is 1. The van der Waals surface area contributed by atoms with Gasteiger partial charge in [0.05, 0.1) is 25.2 Å². The molecule has 0 radical (unpaired) electrons. The average molecular weight is 836 g/mol. The second-order valence-electron chi connectivity index (χ2n) is 18.6. The van der Waals surface area contributed by atoms with Gasteiger partial charge in [-0.05, 0) is 25.7 Å². The molecule has 6 heteroatoms. The maximum atomic E-state index is 13.2. The minimum absolute atomic E-state index is 0.0874. The molecule has 3 atom stereocenters. The van der Waals surface area contributed by atoms with Crippen molar-refractivity contribution in [1.29, 1.82) is 0 Å². The summed E-state index contributed by atoms with van der Waals surface area (Å²) in [6.45, 7) is 6.51. The molecule has 1 amide bonds. The fourth-order valence-electron chi connectivity index (χ4n) is 8.61. The Labute approximate surface area is 368 Å². The van der Waals surface area contributed by atoms with Crippen LogP contribution in [0.25, 0.3) is 0 Å². The highest BCUT2D eigenvalue weighted by molar-refractivity contribution is 5.77. The Balaban J connectivity index is 4.39. The fourth-order valence-corrected chi connectivity index (χ4v) is 8.61. The van der Waals surface area contributed by atoms with E-state index in [9.17, 15) is 19.8 Å². The van der Waals surface area contributed by atoms with E-state index in [2.05, 4.69) is 26.1 Å². The van der Waals surface area contributed by atoms with E-state index in [1.807, 2.05) is 0 Å². The predicted octanol–water partition coefficient (Wildman–Crippen LogP) is 16.0. The highest BCUT2D eigenvalue weighted by Crippen LogP contribution is 2.19. The summed E-state index contributed by atoms with van der Waals surface area (Å²) in [5.41, 5.74) is 0. The van der Waals surface area contributed by atoms with Gasteiger partial charge in [0.1, 0.15) is 6.10 Å². The van der Waals surface area contributed by atoms with Crippen molar-refractivity contribution in [2.45, 2.75) is 322 Å². The zero-order chi connectivity index (χ0) is 43.1. The van der Waals surface area contributed by atoms with Crippen molar-refractivity contribution in [3.63, 3.8) is 0 Å². The number of ether oxygens (including phenoxy) is 1. The quantitative estimate of drug-likeness (QED) is 0.0419. The van der Waals surface area contributed by atoms with Crippen molar-refractivity contribution in [2.24, 2.45) is 0 Å². The summed E-state index contributed by atoms with van der Waals surface area (Å²) in [5.74, 6) is -0.452. The van der Waals surface area contributed by atoms with E-state index >= 15 is 0 Å². The summed E-state index contributed by atoms with van der Waals surface area (Å²) in [6.07, 6.45) is 51.6. The Morgan fingerprint density at radius 2 is 0.712 bits per heavy atom. The van der Waals surface area contributed by atoms with Crippen LogP contribution in [0.2, 0.25) is 0 Å². The van der Waals surface area contributed by atoms with Gasteiger partial charge < -0.3 is 20.3 Å². The number of hydrogen-bond donors (Lipinski definition) is 3. The van der Waals surface area contributed by atoms with E-state index in [0.29, 0.717) is 19.3 Å². The Morgan fingerprint density at radius 1 is 0.424 bits per heavy atom. The van der Waals surface area contributed by atoms with E-state index in [4.69, 9.17) is 4.74 Å². The largest absolute Gasteiger partial charge is 0.462 e. The van der Waals surface area contributed by atoms with Gasteiger partial charge in [0, 0.05) is 6.42 Å². The van der Waals surface area contributed by atoms with Crippen LogP contribution in [0, 0.1) is 0 Å². The third-order valence-electron chi connectivity index (χ3n) is 12.7. The second-order valence-corrected chi connectivity index (χ2v) is 18.6. The summed E-state index contributed by atoms with van der Waals surface area (Å²) < 4.78 is 5.93. The first-order valence-corrected chi connectivity index (χ1v) is 26.8. The summed E-state index contributed by atoms with van der Waals surface area (Å²) >= 11 is 0. The maximum absolute atomic E-state index is 13.2. The van der Waals surface area contributed by atoms with Gasteiger partial charge in [0.15, 0.2) is 0 Å². The molecule has 0 aromatic heterocycles. The number of carbonyl (C=O) groups excluding carboxylic acids is 2. The molecule has 0 saturated carbocycles. The number of aliphatic hydroxyl groups is 2. The van der Waals surface area contributed by atoms with Gasteiger partial charge in [0.25, 0.3) is 0 Å². The Morgan fingerprint density at radius 3 is 1.03 bits per heavy atom. The summed E-state index contributed by atoms with van der Waals surface area (Å²) in [7, 11) is 0. The smallest absolute Gasteiger partial charge is 0.306 e. The van der Waals surface area contributed by atoms with Crippen LogP contribution in [0.1, 0.15) is 303 Å². The molecule has 0 heterocycles. The van der Waals surface area contributed by atoms with Crippen LogP contribution < -0.4 is 5.32 Å². The van der Waals surface area contributed by atoms with Crippen LogP contribution in [0.5, 0.6) is 0 Å². The number of nitrogens with one attached hydrogen (secondary N) is 1. The third-order valence-corrected chi connectivity index (χ3v) is 12.7. The van der Waals surface area contributed by atoms with Crippen molar-refractivity contribution in [3.05, 3.63) is 0 Å². The van der Waals surface area contributed by atoms with Gasteiger partial charge in [-0.1, -0.05) is 265 Å². The standard InChI is InChI=1S/C53H105NO5/c1-4-7-10-13-16-19-22-24-25-26-27-29-30-33-36-39-42-45-51(56)50(48-55)54-52(57)47-49(44-41-38-35-32-21-18-15-12-9-6-3)59-53(58)46-43-40-37-34-31-28-23-20-17-14-11-8-5-2/h49-51,55-56H,4-48H2,1-3H3,(H,54,57). The Hall–Kier alpha value is -1.14. The molecule has 352 valence electrons. The van der Waals surface area contributed by atoms with Crippen molar-refractivity contribution < 1.29 is 24.5 Å². The zero-order valence-corrected chi connectivity index (χ0v) is 40.2. The number of rotatable bonds is 49. The van der Waals surface area contributed by atoms with Crippen molar-refractivity contribution in [2.75, 3.05) is 6.61 Å². The lowest BCUT2D eigenvalue weighted by molar-refractivity contribution is -0.151. The SMILES string of the molecule is CCCCCCCCCCCCCCCCCCCC(O)C(CO)NC(=O)CC(CCCCCCCCCCCC)OC(=O)CCCCCCCCCCCCCCC. The highest BCUT2D eigenvalue weighted by Gasteiger charge is 2.24. The van der Waals surface area contributed by atoms with E-state index in [1.54, 1.807) is 0 Å². The molecule has 0 saturated heterocycles. The summed E-state index contributed by atoms with van der Waals surface area (Å²) in [6, 6.07) is -0.692. The molecule has 3 unspecified atom stereocenters. The van der Waals surface area contributed by atoms with E-state index in [0.717, 1.165) is 38.5 Å². The molecule has 0 aliphatic heterocycles. The number of aliphatic hydroxyl groups excluding tert-OH is 2. The van der Waals surface area contributed by atoms with E-state index in [1.165, 1.54) is 218 Å². The number of esters is 1. The van der Waals surface area contributed by atoms with Crippen LogP contribution >= 0.6 is 0 Å². The maximum Gasteiger partial charge on any atom is 0.306 e. The second kappa shape index (κ2) is 47.9. The molecule has 0 aliphatic rings. The van der Waals surface area contributed by atoms with Gasteiger partial charge in [-0.2, -0.15) is 0 Å². The lowest BCUT2D eigenvalue weighted by Crippen LogP contribution is -2.46. The van der Waals surface area contributed by atoms with Gasteiger partial charge in [-0.15, -0.1) is 0 Å². The third kappa shape index (κ3) is 43.3. The molecular formula is C53H105NO5. The first-order valence-electron chi connectivity index (χ1n) is 26.8. The molecule has 0 aliphatic carbocycles. The molecule has 3 N–H and O–H groups in total. The summed E-state index contributed by atoms with van der Waals surface area (Å²) in [5, 5.41) is 23.8. The van der Waals surface area contributed by atoms with Crippen molar-refractivity contribution in [1.82, 2.24) is 5.32 Å². The monoisotopic (exact) mass is 836 g/mol. The predicted molar refractivity (Wildman–Crippen MR) is 255 cm³/mol. The first-order chi connectivity index (χ1) is 29.0. The van der Waals surface area contributed by atoms with Gasteiger partial charge >= 0.3 is 5.97 Å². The minimum Gasteiger partial charge on any atom is -0.462 e. The lowest BCUT2D eigenvalue weighted by Gasteiger charge is -2.24. The molecule has 0 spiro atoms. The molecule has 0 aromatic rings. The molecular weight excluding hydrogens is 731 g/mol. The normalized spacial score (nSPS) is 13.1. The zero-order valence-electron chi connectivity index (χ0n) is 40.2. The summed E-state index contributed by atoms with van der Waals surface area (Å²) in [4.78, 5) is 26.1.